The van der Waals surface area contributed by atoms with E-state index in [0.717, 1.165) is 24.8 Å². The number of allylic oxidation sites excluding steroid dienone is 1. The third kappa shape index (κ3) is 3.60. The zero-order chi connectivity index (χ0) is 19.9. The van der Waals surface area contributed by atoms with E-state index in [1.165, 1.54) is 22.3 Å². The van der Waals surface area contributed by atoms with Gasteiger partial charge >= 0.3 is 5.97 Å². The number of carbonyl (C=O) groups excluding carboxylic acids is 1. The SMILES string of the molecule is CC1(C)[C@@H](C=C(Cl)Cl)[C@@H]1C(=O)OCc1cccc2c1CCCc1ccccc1-2. The van der Waals surface area contributed by atoms with Gasteiger partial charge in [-0.25, -0.2) is 0 Å². The van der Waals surface area contributed by atoms with E-state index in [1.54, 1.807) is 6.08 Å². The molecule has 146 valence electrons. The summed E-state index contributed by atoms with van der Waals surface area (Å²) < 4.78 is 5.95. The third-order valence-electron chi connectivity index (χ3n) is 6.29. The van der Waals surface area contributed by atoms with Crippen LogP contribution in [0.25, 0.3) is 11.1 Å². The number of halogens is 2. The van der Waals surface area contributed by atoms with Gasteiger partial charge in [-0.05, 0) is 64.5 Å². The van der Waals surface area contributed by atoms with Crippen molar-refractivity contribution < 1.29 is 9.53 Å². The van der Waals surface area contributed by atoms with Crippen molar-refractivity contribution >= 4 is 29.2 Å². The predicted octanol–water partition coefficient (Wildman–Crippen LogP) is 6.48. The van der Waals surface area contributed by atoms with Crippen molar-refractivity contribution in [2.24, 2.45) is 17.3 Å². The van der Waals surface area contributed by atoms with Crippen molar-refractivity contribution in [2.75, 3.05) is 0 Å². The molecule has 0 radical (unpaired) electrons. The summed E-state index contributed by atoms with van der Waals surface area (Å²) in [4.78, 5) is 12.7. The summed E-state index contributed by atoms with van der Waals surface area (Å²) in [7, 11) is 0. The first-order chi connectivity index (χ1) is 13.4. The lowest BCUT2D eigenvalue weighted by Crippen LogP contribution is -2.11. The molecule has 4 heteroatoms. The van der Waals surface area contributed by atoms with Crippen LogP contribution in [-0.2, 0) is 29.0 Å². The Morgan fingerprint density at radius 1 is 1.11 bits per heavy atom. The Labute approximate surface area is 176 Å². The summed E-state index contributed by atoms with van der Waals surface area (Å²) in [5, 5.41) is 0. The van der Waals surface area contributed by atoms with Gasteiger partial charge in [0.25, 0.3) is 0 Å². The Hall–Kier alpha value is -1.77. The maximum absolute atomic E-state index is 12.7. The summed E-state index contributed by atoms with van der Waals surface area (Å²) in [6.07, 6.45) is 4.93. The number of ether oxygens (including phenoxy) is 1. The molecule has 0 aliphatic heterocycles. The van der Waals surface area contributed by atoms with Gasteiger partial charge in [0.2, 0.25) is 0 Å². The average molecular weight is 415 g/mol. The van der Waals surface area contributed by atoms with Crippen LogP contribution in [0, 0.1) is 17.3 Å². The lowest BCUT2D eigenvalue weighted by Gasteiger charge is -2.14. The Morgan fingerprint density at radius 3 is 2.64 bits per heavy atom. The number of aryl methyl sites for hydroxylation is 1. The van der Waals surface area contributed by atoms with E-state index in [2.05, 4.69) is 42.5 Å². The zero-order valence-electron chi connectivity index (χ0n) is 16.2. The van der Waals surface area contributed by atoms with Crippen LogP contribution in [0.5, 0.6) is 0 Å². The van der Waals surface area contributed by atoms with Gasteiger partial charge in [0.05, 0.1) is 5.92 Å². The molecule has 2 aliphatic rings. The number of carbonyl (C=O) groups is 1. The van der Waals surface area contributed by atoms with Crippen LogP contribution < -0.4 is 0 Å². The highest BCUT2D eigenvalue weighted by atomic mass is 35.5. The number of hydrogen-bond acceptors (Lipinski definition) is 2. The summed E-state index contributed by atoms with van der Waals surface area (Å²) in [5.74, 6) is -0.333. The second kappa shape index (κ2) is 7.57. The minimum absolute atomic E-state index is 0.0322. The fourth-order valence-corrected chi connectivity index (χ4v) is 4.86. The maximum atomic E-state index is 12.7. The summed E-state index contributed by atoms with van der Waals surface area (Å²) in [5.41, 5.74) is 6.19. The molecule has 0 unspecified atom stereocenters. The molecule has 4 rings (SSSR count). The van der Waals surface area contributed by atoms with E-state index in [0.29, 0.717) is 6.61 Å². The van der Waals surface area contributed by atoms with Crippen molar-refractivity contribution in [2.45, 2.75) is 39.7 Å². The van der Waals surface area contributed by atoms with Gasteiger partial charge in [0.15, 0.2) is 0 Å². The van der Waals surface area contributed by atoms with Crippen LogP contribution in [0.3, 0.4) is 0 Å². The Kier molecular flexibility index (Phi) is 5.28. The van der Waals surface area contributed by atoms with Gasteiger partial charge in [0, 0.05) is 0 Å². The molecular weight excluding hydrogens is 391 g/mol. The van der Waals surface area contributed by atoms with E-state index in [9.17, 15) is 4.79 Å². The Morgan fingerprint density at radius 2 is 1.86 bits per heavy atom. The molecule has 2 aromatic carbocycles. The standard InChI is InChI=1S/C24H24Cl2O2/c1-24(2)20(13-21(25)26)22(24)23(27)28-14-16-9-6-12-19-17-10-4-3-7-15(17)8-5-11-18(16)19/h3-4,6-7,9-10,12-13,20,22H,5,8,11,14H2,1-2H3/t20-,22+/m0/s1. The molecule has 0 heterocycles. The second-order valence-electron chi connectivity index (χ2n) is 8.34. The van der Waals surface area contributed by atoms with Gasteiger partial charge in [-0.2, -0.15) is 0 Å². The first kappa shape index (κ1) is 19.5. The first-order valence-corrected chi connectivity index (χ1v) is 10.5. The van der Waals surface area contributed by atoms with E-state index >= 15 is 0 Å². The van der Waals surface area contributed by atoms with Gasteiger partial charge in [-0.1, -0.05) is 79.5 Å². The number of fused-ring (bicyclic) bond motifs is 3. The van der Waals surface area contributed by atoms with Crippen molar-refractivity contribution in [1.29, 1.82) is 0 Å². The van der Waals surface area contributed by atoms with Crippen LogP contribution >= 0.6 is 23.2 Å². The molecule has 2 atom stereocenters. The van der Waals surface area contributed by atoms with Crippen LogP contribution in [0.4, 0.5) is 0 Å². The summed E-state index contributed by atoms with van der Waals surface area (Å²) in [6, 6.07) is 14.9. The van der Waals surface area contributed by atoms with Crippen molar-refractivity contribution in [3.05, 3.63) is 69.7 Å². The second-order valence-corrected chi connectivity index (χ2v) is 9.35. The topological polar surface area (TPSA) is 26.3 Å². The molecule has 1 fully saturated rings. The third-order valence-corrected chi connectivity index (χ3v) is 6.55. The lowest BCUT2D eigenvalue weighted by molar-refractivity contribution is -0.147. The fraction of sp³-hybridized carbons (Fsp3) is 0.375. The fourth-order valence-electron chi connectivity index (χ4n) is 4.59. The minimum Gasteiger partial charge on any atom is -0.461 e. The quantitative estimate of drug-likeness (QED) is 0.535. The highest BCUT2D eigenvalue weighted by Crippen LogP contribution is 2.60. The maximum Gasteiger partial charge on any atom is 0.310 e. The molecule has 1 saturated carbocycles. The molecule has 2 aromatic rings. The largest absolute Gasteiger partial charge is 0.461 e. The van der Waals surface area contributed by atoms with E-state index in [-0.39, 0.29) is 27.7 Å². The molecule has 0 bridgehead atoms. The van der Waals surface area contributed by atoms with Crippen LogP contribution in [0.1, 0.15) is 37.0 Å². The number of rotatable bonds is 4. The van der Waals surface area contributed by atoms with Crippen molar-refractivity contribution in [1.82, 2.24) is 0 Å². The Balaban J connectivity index is 1.53. The number of benzene rings is 2. The van der Waals surface area contributed by atoms with Crippen LogP contribution in [0.15, 0.2) is 53.0 Å². The minimum atomic E-state index is -0.192. The highest BCUT2D eigenvalue weighted by molar-refractivity contribution is 6.55. The monoisotopic (exact) mass is 414 g/mol. The van der Waals surface area contributed by atoms with Crippen molar-refractivity contribution in [3.8, 4) is 11.1 Å². The van der Waals surface area contributed by atoms with Crippen molar-refractivity contribution in [3.63, 3.8) is 0 Å². The van der Waals surface area contributed by atoms with Gasteiger partial charge < -0.3 is 4.74 Å². The van der Waals surface area contributed by atoms with Gasteiger partial charge in [0.1, 0.15) is 11.1 Å². The molecule has 0 amide bonds. The first-order valence-electron chi connectivity index (χ1n) is 9.78. The predicted molar refractivity (Wildman–Crippen MR) is 114 cm³/mol. The molecule has 0 spiro atoms. The van der Waals surface area contributed by atoms with Crippen LogP contribution in [0.2, 0.25) is 0 Å². The molecular formula is C24H24Cl2O2. The Bertz CT molecular complexity index is 941. The number of esters is 1. The normalized spacial score (nSPS) is 21.7. The molecule has 2 aliphatic carbocycles. The smallest absolute Gasteiger partial charge is 0.310 e. The highest BCUT2D eigenvalue weighted by Gasteiger charge is 2.61. The van der Waals surface area contributed by atoms with E-state index < -0.39 is 0 Å². The van der Waals surface area contributed by atoms with Gasteiger partial charge in [-0.15, -0.1) is 0 Å². The van der Waals surface area contributed by atoms with Gasteiger partial charge in [-0.3, -0.25) is 4.79 Å². The molecule has 0 N–H and O–H groups in total. The molecule has 0 aromatic heterocycles. The molecule has 0 saturated heterocycles. The lowest BCUT2D eigenvalue weighted by atomic mass is 9.93. The summed E-state index contributed by atoms with van der Waals surface area (Å²) >= 11 is 11.6. The average Bonchev–Trinajstić information content (AvgIpc) is 3.26. The summed E-state index contributed by atoms with van der Waals surface area (Å²) in [6.45, 7) is 4.40. The van der Waals surface area contributed by atoms with E-state index in [4.69, 9.17) is 27.9 Å². The zero-order valence-corrected chi connectivity index (χ0v) is 17.7. The number of hydrogen-bond donors (Lipinski definition) is 0. The molecule has 2 nitrogen and oxygen atoms in total. The molecule has 28 heavy (non-hydrogen) atoms. The van der Waals surface area contributed by atoms with Crippen LogP contribution in [-0.4, -0.2) is 5.97 Å². The van der Waals surface area contributed by atoms with E-state index in [1.807, 2.05) is 13.8 Å².